The molecule has 0 N–H and O–H groups in total. The molecule has 2 aromatic heterocycles. The van der Waals surface area contributed by atoms with E-state index in [1.54, 1.807) is 0 Å². The predicted molar refractivity (Wildman–Crippen MR) is 85.1 cm³/mol. The maximum absolute atomic E-state index is 5.99. The molecule has 3 aromatic rings. The Morgan fingerprint density at radius 3 is 2.71 bits per heavy atom. The summed E-state index contributed by atoms with van der Waals surface area (Å²) in [5, 5.41) is 0. The van der Waals surface area contributed by atoms with Gasteiger partial charge in [-0.3, -0.25) is 4.40 Å². The van der Waals surface area contributed by atoms with E-state index in [-0.39, 0.29) is 0 Å². The van der Waals surface area contributed by atoms with Gasteiger partial charge in [-0.2, -0.15) is 0 Å². The Labute approximate surface area is 129 Å². The zero-order valence-corrected chi connectivity index (χ0v) is 12.7. The largest absolute Gasteiger partial charge is 0.489 e. The van der Waals surface area contributed by atoms with Crippen molar-refractivity contribution in [3.63, 3.8) is 0 Å². The van der Waals surface area contributed by atoms with Crippen molar-refractivity contribution < 1.29 is 4.74 Å². The molecule has 0 fully saturated rings. The summed E-state index contributed by atoms with van der Waals surface area (Å²) in [5.74, 6) is 1.24. The lowest BCUT2D eigenvalue weighted by molar-refractivity contribution is 0.324. The Morgan fingerprint density at radius 1 is 1.14 bits per heavy atom. The van der Waals surface area contributed by atoms with Gasteiger partial charge in [0.15, 0.2) is 11.4 Å². The van der Waals surface area contributed by atoms with Crippen LogP contribution in [0.15, 0.2) is 48.7 Å². The van der Waals surface area contributed by atoms with E-state index in [2.05, 4.69) is 17.1 Å². The number of halogens is 1. The molecule has 0 spiro atoms. The summed E-state index contributed by atoms with van der Waals surface area (Å²) in [6.45, 7) is 2.60. The van der Waals surface area contributed by atoms with E-state index in [1.165, 1.54) is 5.56 Å². The second-order valence-corrected chi connectivity index (χ2v) is 5.19. The topological polar surface area (TPSA) is 26.5 Å². The number of hydrogen-bond donors (Lipinski definition) is 0. The molecule has 4 heteroatoms. The molecule has 108 valence electrons. The van der Waals surface area contributed by atoms with Crippen LogP contribution in [0.3, 0.4) is 0 Å². The number of rotatable bonds is 5. The fourth-order valence-corrected chi connectivity index (χ4v) is 2.72. The van der Waals surface area contributed by atoms with Crippen LogP contribution >= 0.6 is 11.6 Å². The van der Waals surface area contributed by atoms with Crippen molar-refractivity contribution in [1.82, 2.24) is 9.38 Å². The number of aromatic nitrogens is 2. The SMILES string of the molecule is Cc1nc2c(OCCc3ccccc3)cccn2c1CCl. The van der Waals surface area contributed by atoms with Gasteiger partial charge in [-0.05, 0) is 24.6 Å². The molecule has 21 heavy (non-hydrogen) atoms. The highest BCUT2D eigenvalue weighted by atomic mass is 35.5. The number of aryl methyl sites for hydroxylation is 1. The van der Waals surface area contributed by atoms with Gasteiger partial charge < -0.3 is 4.74 Å². The average Bonchev–Trinajstić information content (AvgIpc) is 2.84. The Hall–Kier alpha value is -2.00. The van der Waals surface area contributed by atoms with Crippen LogP contribution in [0.1, 0.15) is 17.0 Å². The van der Waals surface area contributed by atoms with Crippen LogP contribution in [-0.4, -0.2) is 16.0 Å². The highest BCUT2D eigenvalue weighted by Crippen LogP contribution is 2.23. The van der Waals surface area contributed by atoms with Gasteiger partial charge in [0.25, 0.3) is 0 Å². The molecule has 0 radical (unpaired) electrons. The fraction of sp³-hybridized carbons (Fsp3) is 0.235. The summed E-state index contributed by atoms with van der Waals surface area (Å²) in [6, 6.07) is 14.2. The standard InChI is InChI=1S/C17H17ClN2O/c1-13-15(12-18)20-10-5-8-16(17(20)19-13)21-11-9-14-6-3-2-4-7-14/h2-8,10H,9,11-12H2,1H3. The Balaban J connectivity index is 1.78. The molecule has 2 heterocycles. The first-order valence-corrected chi connectivity index (χ1v) is 7.52. The van der Waals surface area contributed by atoms with Crippen molar-refractivity contribution in [2.45, 2.75) is 19.2 Å². The molecule has 0 saturated carbocycles. The third kappa shape index (κ3) is 2.88. The number of pyridine rings is 1. The Bertz CT molecular complexity index is 737. The molecule has 0 aliphatic heterocycles. The smallest absolute Gasteiger partial charge is 0.180 e. The molecule has 0 amide bonds. The van der Waals surface area contributed by atoms with Gasteiger partial charge in [0, 0.05) is 12.6 Å². The van der Waals surface area contributed by atoms with Crippen LogP contribution in [0.4, 0.5) is 0 Å². The van der Waals surface area contributed by atoms with E-state index in [9.17, 15) is 0 Å². The minimum Gasteiger partial charge on any atom is -0.489 e. The molecular formula is C17H17ClN2O. The molecule has 3 nitrogen and oxygen atoms in total. The third-order valence-electron chi connectivity index (χ3n) is 3.53. The lowest BCUT2D eigenvalue weighted by atomic mass is 10.2. The molecular weight excluding hydrogens is 284 g/mol. The first-order chi connectivity index (χ1) is 10.3. The van der Waals surface area contributed by atoms with Gasteiger partial charge in [0.2, 0.25) is 0 Å². The minimum absolute atomic E-state index is 0.445. The zero-order valence-electron chi connectivity index (χ0n) is 11.9. The summed E-state index contributed by atoms with van der Waals surface area (Å²) in [6.07, 6.45) is 2.85. The van der Waals surface area contributed by atoms with Crippen molar-refractivity contribution in [2.24, 2.45) is 0 Å². The second kappa shape index (κ2) is 6.19. The summed E-state index contributed by atoms with van der Waals surface area (Å²) in [7, 11) is 0. The van der Waals surface area contributed by atoms with Crippen molar-refractivity contribution in [3.8, 4) is 5.75 Å². The maximum atomic E-state index is 5.99. The van der Waals surface area contributed by atoms with Gasteiger partial charge in [-0.15, -0.1) is 11.6 Å². The second-order valence-electron chi connectivity index (χ2n) is 4.93. The average molecular weight is 301 g/mol. The summed E-state index contributed by atoms with van der Waals surface area (Å²) in [5.41, 5.74) is 4.06. The van der Waals surface area contributed by atoms with Crippen LogP contribution in [0, 0.1) is 6.92 Å². The molecule has 0 bridgehead atoms. The zero-order chi connectivity index (χ0) is 14.7. The summed E-state index contributed by atoms with van der Waals surface area (Å²) in [4.78, 5) is 4.56. The molecule has 0 atom stereocenters. The monoisotopic (exact) mass is 300 g/mol. The molecule has 0 aliphatic rings. The van der Waals surface area contributed by atoms with E-state index >= 15 is 0 Å². The number of benzene rings is 1. The normalized spacial score (nSPS) is 11.0. The van der Waals surface area contributed by atoms with E-state index in [1.807, 2.05) is 47.9 Å². The first kappa shape index (κ1) is 14.0. The van der Waals surface area contributed by atoms with Gasteiger partial charge in [0.1, 0.15) is 0 Å². The van der Waals surface area contributed by atoms with Crippen molar-refractivity contribution in [2.75, 3.05) is 6.61 Å². The highest BCUT2D eigenvalue weighted by molar-refractivity contribution is 6.17. The van der Waals surface area contributed by atoms with Gasteiger partial charge in [0.05, 0.1) is 23.9 Å². The summed E-state index contributed by atoms with van der Waals surface area (Å²) >= 11 is 5.99. The first-order valence-electron chi connectivity index (χ1n) is 6.99. The number of nitrogens with zero attached hydrogens (tertiary/aromatic N) is 2. The predicted octanol–water partition coefficient (Wildman–Crippen LogP) is 4.00. The van der Waals surface area contributed by atoms with Crippen LogP contribution < -0.4 is 4.74 Å². The quantitative estimate of drug-likeness (QED) is 0.666. The Morgan fingerprint density at radius 2 is 1.95 bits per heavy atom. The lowest BCUT2D eigenvalue weighted by Crippen LogP contribution is -2.03. The molecule has 0 saturated heterocycles. The van der Waals surface area contributed by atoms with E-state index in [0.717, 1.165) is 29.2 Å². The number of imidazole rings is 1. The van der Waals surface area contributed by atoms with Gasteiger partial charge in [-0.25, -0.2) is 4.98 Å². The van der Waals surface area contributed by atoms with Gasteiger partial charge in [-0.1, -0.05) is 30.3 Å². The van der Waals surface area contributed by atoms with E-state index in [4.69, 9.17) is 16.3 Å². The van der Waals surface area contributed by atoms with Crippen LogP contribution in [-0.2, 0) is 12.3 Å². The van der Waals surface area contributed by atoms with Crippen molar-refractivity contribution in [3.05, 3.63) is 65.6 Å². The van der Waals surface area contributed by atoms with Crippen molar-refractivity contribution >= 4 is 17.2 Å². The molecule has 0 aliphatic carbocycles. The number of alkyl halides is 1. The number of ether oxygens (including phenoxy) is 1. The lowest BCUT2D eigenvalue weighted by Gasteiger charge is -2.08. The third-order valence-corrected chi connectivity index (χ3v) is 3.78. The van der Waals surface area contributed by atoms with Crippen LogP contribution in [0.5, 0.6) is 5.75 Å². The van der Waals surface area contributed by atoms with E-state index in [0.29, 0.717) is 12.5 Å². The van der Waals surface area contributed by atoms with E-state index < -0.39 is 0 Å². The molecule has 1 aromatic carbocycles. The molecule has 3 rings (SSSR count). The Kier molecular flexibility index (Phi) is 4.11. The minimum atomic E-state index is 0.445. The summed E-state index contributed by atoms with van der Waals surface area (Å²) < 4.78 is 7.91. The van der Waals surface area contributed by atoms with Crippen LogP contribution in [0.2, 0.25) is 0 Å². The molecule has 0 unspecified atom stereocenters. The highest BCUT2D eigenvalue weighted by Gasteiger charge is 2.11. The van der Waals surface area contributed by atoms with Crippen LogP contribution in [0.25, 0.3) is 5.65 Å². The number of fused-ring (bicyclic) bond motifs is 1. The fourth-order valence-electron chi connectivity index (χ4n) is 2.40. The van der Waals surface area contributed by atoms with Crippen molar-refractivity contribution in [1.29, 1.82) is 0 Å². The number of hydrogen-bond acceptors (Lipinski definition) is 2. The maximum Gasteiger partial charge on any atom is 0.180 e. The van der Waals surface area contributed by atoms with Gasteiger partial charge >= 0.3 is 0 Å².